The van der Waals surface area contributed by atoms with Crippen LogP contribution in [-0.4, -0.2) is 48.6 Å². The normalized spacial score (nSPS) is 18.5. The van der Waals surface area contributed by atoms with E-state index in [1.54, 1.807) is 4.90 Å². The summed E-state index contributed by atoms with van der Waals surface area (Å²) in [6, 6.07) is 0. The highest BCUT2D eigenvalue weighted by Crippen LogP contribution is 2.34. The third-order valence-corrected chi connectivity index (χ3v) is 2.29. The van der Waals surface area contributed by atoms with Crippen LogP contribution >= 0.6 is 0 Å². The number of likely N-dealkylation sites (N-methyl/N-ethyl adjacent to an activating group) is 1. The highest BCUT2D eigenvalue weighted by Gasteiger charge is 2.33. The fraction of sp³-hybridized carbons (Fsp3) is 0.400. The molecule has 0 aliphatic carbocycles. The molecule has 1 amide bonds. The largest absolute Gasteiger partial charge is 0.475 e. The molecule has 1 aromatic rings. The summed E-state index contributed by atoms with van der Waals surface area (Å²) in [6.45, 7) is 0.402. The topological polar surface area (TPSA) is 92.0 Å². The molecule has 0 fully saturated rings. The monoisotopic (exact) mass is 240 g/mol. The molecule has 0 aromatic carbocycles. The van der Waals surface area contributed by atoms with Crippen molar-refractivity contribution < 1.29 is 23.8 Å². The second-order valence-corrected chi connectivity index (χ2v) is 3.97. The van der Waals surface area contributed by atoms with Gasteiger partial charge in [-0.2, -0.15) is 0 Å². The first-order chi connectivity index (χ1) is 7.99. The zero-order valence-corrected chi connectivity index (χ0v) is 9.39. The SMILES string of the molecule is CN(C)CC1Oc2coc(C(=O)O)c2NC1=O. The molecule has 0 saturated heterocycles. The van der Waals surface area contributed by atoms with Crippen LogP contribution in [0.4, 0.5) is 5.69 Å². The summed E-state index contributed by atoms with van der Waals surface area (Å²) < 4.78 is 10.2. The number of hydrogen-bond acceptors (Lipinski definition) is 5. The molecule has 0 spiro atoms. The first-order valence-corrected chi connectivity index (χ1v) is 4.96. The Hall–Kier alpha value is -2.02. The first kappa shape index (κ1) is 11.5. The van der Waals surface area contributed by atoms with Crippen molar-refractivity contribution in [2.45, 2.75) is 6.10 Å². The minimum Gasteiger partial charge on any atom is -0.475 e. The number of ether oxygens (including phenoxy) is 1. The zero-order chi connectivity index (χ0) is 12.6. The third-order valence-electron chi connectivity index (χ3n) is 2.29. The highest BCUT2D eigenvalue weighted by molar-refractivity contribution is 6.03. The minimum atomic E-state index is -1.25. The Labute approximate surface area is 97.0 Å². The second kappa shape index (κ2) is 4.10. The average Bonchev–Trinajstić information content (AvgIpc) is 2.60. The van der Waals surface area contributed by atoms with Crippen molar-refractivity contribution in [1.29, 1.82) is 0 Å². The van der Waals surface area contributed by atoms with Gasteiger partial charge in [-0.1, -0.05) is 0 Å². The smallest absolute Gasteiger partial charge is 0.374 e. The number of carboxylic acids is 1. The fourth-order valence-electron chi connectivity index (χ4n) is 1.57. The lowest BCUT2D eigenvalue weighted by atomic mass is 10.2. The fourth-order valence-corrected chi connectivity index (χ4v) is 1.57. The predicted molar refractivity (Wildman–Crippen MR) is 57.3 cm³/mol. The van der Waals surface area contributed by atoms with E-state index in [9.17, 15) is 9.59 Å². The number of amides is 1. The first-order valence-electron chi connectivity index (χ1n) is 4.96. The van der Waals surface area contributed by atoms with Crippen LogP contribution in [0.1, 0.15) is 10.6 Å². The summed E-state index contributed by atoms with van der Waals surface area (Å²) >= 11 is 0. The predicted octanol–water partition coefficient (Wildman–Crippen LogP) is 0.239. The van der Waals surface area contributed by atoms with Gasteiger partial charge in [0.2, 0.25) is 5.76 Å². The quantitative estimate of drug-likeness (QED) is 0.786. The molecule has 7 heteroatoms. The molecule has 0 saturated carbocycles. The summed E-state index contributed by atoms with van der Waals surface area (Å²) in [5.41, 5.74) is 0.0810. The number of fused-ring (bicyclic) bond motifs is 1. The van der Waals surface area contributed by atoms with Gasteiger partial charge in [-0.05, 0) is 14.1 Å². The number of anilines is 1. The van der Waals surface area contributed by atoms with Gasteiger partial charge in [-0.3, -0.25) is 4.79 Å². The van der Waals surface area contributed by atoms with Crippen LogP contribution in [-0.2, 0) is 4.79 Å². The van der Waals surface area contributed by atoms with Gasteiger partial charge in [0.1, 0.15) is 12.0 Å². The third kappa shape index (κ3) is 2.09. The number of furan rings is 1. The van der Waals surface area contributed by atoms with Crippen molar-refractivity contribution in [2.75, 3.05) is 26.0 Å². The molecule has 0 bridgehead atoms. The molecule has 92 valence electrons. The maximum Gasteiger partial charge on any atom is 0.374 e. The molecule has 1 atom stereocenters. The van der Waals surface area contributed by atoms with Crippen molar-refractivity contribution in [1.82, 2.24) is 4.90 Å². The Morgan fingerprint density at radius 3 is 2.88 bits per heavy atom. The van der Waals surface area contributed by atoms with Crippen LogP contribution in [0.5, 0.6) is 5.75 Å². The van der Waals surface area contributed by atoms with Crippen LogP contribution in [0.2, 0.25) is 0 Å². The van der Waals surface area contributed by atoms with E-state index < -0.39 is 12.1 Å². The van der Waals surface area contributed by atoms with Crippen LogP contribution in [0.3, 0.4) is 0 Å². The maximum atomic E-state index is 11.7. The van der Waals surface area contributed by atoms with Crippen molar-refractivity contribution >= 4 is 17.6 Å². The molecule has 2 heterocycles. The van der Waals surface area contributed by atoms with Gasteiger partial charge < -0.3 is 24.5 Å². The minimum absolute atomic E-state index is 0.0810. The summed E-state index contributed by atoms with van der Waals surface area (Å²) in [5, 5.41) is 11.3. The molecule has 7 nitrogen and oxygen atoms in total. The Bertz CT molecular complexity index is 465. The van der Waals surface area contributed by atoms with E-state index in [-0.39, 0.29) is 23.1 Å². The Kier molecular flexibility index (Phi) is 2.76. The van der Waals surface area contributed by atoms with Crippen molar-refractivity contribution in [2.24, 2.45) is 0 Å². The summed E-state index contributed by atoms with van der Waals surface area (Å²) in [6.07, 6.45) is 0.512. The van der Waals surface area contributed by atoms with E-state index in [0.717, 1.165) is 0 Å². The van der Waals surface area contributed by atoms with E-state index in [4.69, 9.17) is 14.3 Å². The second-order valence-electron chi connectivity index (χ2n) is 3.97. The molecule has 17 heavy (non-hydrogen) atoms. The van der Waals surface area contributed by atoms with E-state index in [0.29, 0.717) is 6.54 Å². The maximum absolute atomic E-state index is 11.7. The number of nitrogens with zero attached hydrogens (tertiary/aromatic N) is 1. The van der Waals surface area contributed by atoms with Crippen LogP contribution in [0, 0.1) is 0 Å². The number of carboxylic acid groups (broad SMARTS) is 1. The van der Waals surface area contributed by atoms with Gasteiger partial charge in [-0.15, -0.1) is 0 Å². The van der Waals surface area contributed by atoms with Crippen LogP contribution in [0.25, 0.3) is 0 Å². The highest BCUT2D eigenvalue weighted by atomic mass is 16.5. The standard InChI is InChI=1S/C10H12N2O5/c1-12(2)3-5-9(13)11-7-6(17-5)4-16-8(7)10(14)15/h4-5H,3H2,1-2H3,(H,11,13)(H,14,15). The molecular weight excluding hydrogens is 228 g/mol. The molecule has 2 N–H and O–H groups in total. The van der Waals surface area contributed by atoms with Gasteiger partial charge >= 0.3 is 5.97 Å². The lowest BCUT2D eigenvalue weighted by molar-refractivity contribution is -0.124. The van der Waals surface area contributed by atoms with Crippen molar-refractivity contribution in [3.63, 3.8) is 0 Å². The van der Waals surface area contributed by atoms with Crippen molar-refractivity contribution in [3.05, 3.63) is 12.0 Å². The van der Waals surface area contributed by atoms with Gasteiger partial charge in [-0.25, -0.2) is 4.79 Å². The number of carbonyl (C=O) groups is 2. The van der Waals surface area contributed by atoms with Gasteiger partial charge in [0.05, 0.1) is 0 Å². The zero-order valence-electron chi connectivity index (χ0n) is 9.39. The number of aromatic carboxylic acids is 1. The molecule has 1 unspecified atom stereocenters. The molecule has 1 aromatic heterocycles. The number of hydrogen-bond donors (Lipinski definition) is 2. The summed E-state index contributed by atoms with van der Waals surface area (Å²) in [5.74, 6) is -1.71. The van der Waals surface area contributed by atoms with Crippen molar-refractivity contribution in [3.8, 4) is 5.75 Å². The lowest BCUT2D eigenvalue weighted by Crippen LogP contribution is -2.43. The summed E-state index contributed by atoms with van der Waals surface area (Å²) in [4.78, 5) is 24.3. The van der Waals surface area contributed by atoms with E-state index in [1.165, 1.54) is 6.26 Å². The van der Waals surface area contributed by atoms with Gasteiger partial charge in [0, 0.05) is 6.54 Å². The van der Waals surface area contributed by atoms with Crippen LogP contribution < -0.4 is 10.1 Å². The number of carbonyl (C=O) groups excluding carboxylic acids is 1. The number of rotatable bonds is 3. The molecule has 2 rings (SSSR count). The Balaban J connectivity index is 2.25. The van der Waals surface area contributed by atoms with Crippen LogP contribution in [0.15, 0.2) is 10.7 Å². The Morgan fingerprint density at radius 2 is 2.29 bits per heavy atom. The average molecular weight is 240 g/mol. The van der Waals surface area contributed by atoms with E-state index in [2.05, 4.69) is 5.32 Å². The van der Waals surface area contributed by atoms with Gasteiger partial charge in [0.25, 0.3) is 5.91 Å². The lowest BCUT2D eigenvalue weighted by Gasteiger charge is -2.25. The molecule has 1 aliphatic heterocycles. The van der Waals surface area contributed by atoms with E-state index >= 15 is 0 Å². The number of nitrogens with one attached hydrogen (secondary N) is 1. The molecule has 1 aliphatic rings. The van der Waals surface area contributed by atoms with E-state index in [1.807, 2.05) is 14.1 Å². The molecule has 0 radical (unpaired) electrons. The Morgan fingerprint density at radius 1 is 1.59 bits per heavy atom. The summed E-state index contributed by atoms with van der Waals surface area (Å²) in [7, 11) is 3.62. The van der Waals surface area contributed by atoms with Gasteiger partial charge in [0.15, 0.2) is 11.9 Å². The molecular formula is C10H12N2O5.